The van der Waals surface area contributed by atoms with Gasteiger partial charge in [0, 0.05) is 17.7 Å². The largest absolute Gasteiger partial charge is 0.324 e. The molecule has 0 fully saturated rings. The van der Waals surface area contributed by atoms with Crippen molar-refractivity contribution in [3.63, 3.8) is 0 Å². The van der Waals surface area contributed by atoms with Gasteiger partial charge < -0.3 is 4.57 Å². The molecule has 6 heteroatoms. The zero-order valence-corrected chi connectivity index (χ0v) is 16.3. The van der Waals surface area contributed by atoms with Crippen LogP contribution in [0.5, 0.6) is 0 Å². The van der Waals surface area contributed by atoms with Crippen molar-refractivity contribution in [2.24, 2.45) is 0 Å². The predicted octanol–water partition coefficient (Wildman–Crippen LogP) is 5.24. The Bertz CT molecular complexity index is 1020. The first-order chi connectivity index (χ1) is 13.9. The second-order valence-corrected chi connectivity index (χ2v) is 7.12. The van der Waals surface area contributed by atoms with Gasteiger partial charge in [0.15, 0.2) is 0 Å². The lowest BCUT2D eigenvalue weighted by atomic mass is 10.1. The molecule has 4 rings (SSSR count). The normalized spacial score (nSPS) is 11.3. The SMILES string of the molecule is CCCCCCCCn1c(-c2ccccc2-c2nn[nH]n2)nc2ccccc21. The van der Waals surface area contributed by atoms with E-state index in [1.54, 1.807) is 0 Å². The molecule has 0 saturated heterocycles. The number of para-hydroxylation sites is 2. The van der Waals surface area contributed by atoms with E-state index >= 15 is 0 Å². The number of aromatic amines is 1. The maximum absolute atomic E-state index is 4.96. The summed E-state index contributed by atoms with van der Waals surface area (Å²) >= 11 is 0. The van der Waals surface area contributed by atoms with Gasteiger partial charge in [-0.2, -0.15) is 5.21 Å². The maximum Gasteiger partial charge on any atom is 0.205 e. The Labute approximate surface area is 165 Å². The molecular weight excluding hydrogens is 348 g/mol. The molecule has 0 radical (unpaired) electrons. The van der Waals surface area contributed by atoms with E-state index in [9.17, 15) is 0 Å². The standard InChI is InChI=1S/C22H26N6/c1-2-3-4-5-6-11-16-28-20-15-10-9-14-19(20)23-22(28)18-13-8-7-12-17(18)21-24-26-27-25-21/h7-10,12-15H,2-6,11,16H2,1H3,(H,24,25,26,27). The van der Waals surface area contributed by atoms with Gasteiger partial charge in [-0.3, -0.25) is 0 Å². The van der Waals surface area contributed by atoms with Gasteiger partial charge in [0.1, 0.15) is 5.82 Å². The van der Waals surface area contributed by atoms with Gasteiger partial charge in [-0.25, -0.2) is 4.98 Å². The van der Waals surface area contributed by atoms with Gasteiger partial charge in [-0.1, -0.05) is 75.4 Å². The van der Waals surface area contributed by atoms with Crippen LogP contribution in [0.4, 0.5) is 0 Å². The van der Waals surface area contributed by atoms with Crippen LogP contribution in [-0.2, 0) is 6.54 Å². The molecule has 144 valence electrons. The number of aromatic nitrogens is 6. The fourth-order valence-electron chi connectivity index (χ4n) is 3.71. The van der Waals surface area contributed by atoms with Crippen LogP contribution in [0.25, 0.3) is 33.8 Å². The summed E-state index contributed by atoms with van der Waals surface area (Å²) in [6.45, 7) is 3.22. The van der Waals surface area contributed by atoms with Crippen molar-refractivity contribution >= 4 is 11.0 Å². The van der Waals surface area contributed by atoms with Crippen molar-refractivity contribution in [2.75, 3.05) is 0 Å². The Morgan fingerprint density at radius 2 is 1.61 bits per heavy atom. The predicted molar refractivity (Wildman–Crippen MR) is 112 cm³/mol. The Hall–Kier alpha value is -3.02. The molecule has 0 amide bonds. The van der Waals surface area contributed by atoms with Crippen LogP contribution in [-0.4, -0.2) is 30.2 Å². The second kappa shape index (κ2) is 8.78. The van der Waals surface area contributed by atoms with Crippen LogP contribution in [0.15, 0.2) is 48.5 Å². The molecule has 0 aliphatic heterocycles. The Balaban J connectivity index is 1.68. The summed E-state index contributed by atoms with van der Waals surface area (Å²) in [5.41, 5.74) is 4.17. The molecule has 0 atom stereocenters. The summed E-state index contributed by atoms with van der Waals surface area (Å²) in [5.74, 6) is 1.56. The van der Waals surface area contributed by atoms with E-state index in [2.05, 4.69) is 56.4 Å². The molecular formula is C22H26N6. The van der Waals surface area contributed by atoms with Crippen molar-refractivity contribution in [3.05, 3.63) is 48.5 Å². The van der Waals surface area contributed by atoms with E-state index in [1.807, 2.05) is 24.3 Å². The molecule has 4 aromatic rings. The molecule has 0 aliphatic carbocycles. The smallest absolute Gasteiger partial charge is 0.205 e. The van der Waals surface area contributed by atoms with Crippen LogP contribution in [0.3, 0.4) is 0 Å². The second-order valence-electron chi connectivity index (χ2n) is 7.12. The number of hydrogen-bond acceptors (Lipinski definition) is 4. The number of nitrogens with one attached hydrogen (secondary N) is 1. The molecule has 2 aromatic carbocycles. The number of H-pyrrole nitrogens is 1. The fraction of sp³-hybridized carbons (Fsp3) is 0.364. The summed E-state index contributed by atoms with van der Waals surface area (Å²) in [6.07, 6.45) is 7.64. The van der Waals surface area contributed by atoms with E-state index in [4.69, 9.17) is 4.98 Å². The highest BCUT2D eigenvalue weighted by molar-refractivity contribution is 5.85. The van der Waals surface area contributed by atoms with Crippen LogP contribution >= 0.6 is 0 Å². The van der Waals surface area contributed by atoms with Crippen molar-refractivity contribution in [1.82, 2.24) is 30.2 Å². The lowest BCUT2D eigenvalue weighted by Crippen LogP contribution is -2.02. The van der Waals surface area contributed by atoms with Crippen molar-refractivity contribution < 1.29 is 0 Å². The van der Waals surface area contributed by atoms with Gasteiger partial charge in [0.2, 0.25) is 5.82 Å². The Morgan fingerprint density at radius 3 is 2.43 bits per heavy atom. The van der Waals surface area contributed by atoms with Gasteiger partial charge in [0.25, 0.3) is 0 Å². The van der Waals surface area contributed by atoms with Gasteiger partial charge in [0.05, 0.1) is 11.0 Å². The third-order valence-electron chi connectivity index (χ3n) is 5.14. The molecule has 1 N–H and O–H groups in total. The monoisotopic (exact) mass is 374 g/mol. The quantitative estimate of drug-likeness (QED) is 0.406. The van der Waals surface area contributed by atoms with Crippen LogP contribution in [0.1, 0.15) is 45.4 Å². The van der Waals surface area contributed by atoms with Gasteiger partial charge in [-0.15, -0.1) is 10.2 Å². The average Bonchev–Trinajstić information content (AvgIpc) is 3.39. The minimum absolute atomic E-state index is 0.591. The molecule has 6 nitrogen and oxygen atoms in total. The Morgan fingerprint density at radius 1 is 0.857 bits per heavy atom. The number of hydrogen-bond donors (Lipinski definition) is 1. The number of nitrogens with zero attached hydrogens (tertiary/aromatic N) is 5. The first-order valence-corrected chi connectivity index (χ1v) is 10.2. The molecule has 28 heavy (non-hydrogen) atoms. The molecule has 0 spiro atoms. The summed E-state index contributed by atoms with van der Waals surface area (Å²) in [4.78, 5) is 4.96. The zero-order valence-electron chi connectivity index (χ0n) is 16.3. The number of aryl methyl sites for hydroxylation is 1. The molecule has 0 unspecified atom stereocenters. The first kappa shape index (κ1) is 18.3. The number of fused-ring (bicyclic) bond motifs is 1. The summed E-state index contributed by atoms with van der Waals surface area (Å²) in [6, 6.07) is 16.5. The van der Waals surface area contributed by atoms with Crippen LogP contribution in [0, 0.1) is 0 Å². The number of tetrazole rings is 1. The highest BCUT2D eigenvalue weighted by Crippen LogP contribution is 2.32. The van der Waals surface area contributed by atoms with Crippen molar-refractivity contribution in [1.29, 1.82) is 0 Å². The van der Waals surface area contributed by atoms with Gasteiger partial charge in [-0.05, 0) is 23.8 Å². The number of benzene rings is 2. The minimum Gasteiger partial charge on any atom is -0.324 e. The summed E-state index contributed by atoms with van der Waals surface area (Å²) in [7, 11) is 0. The maximum atomic E-state index is 4.96. The van der Waals surface area contributed by atoms with E-state index in [1.165, 1.54) is 37.6 Å². The first-order valence-electron chi connectivity index (χ1n) is 10.2. The molecule has 2 aromatic heterocycles. The zero-order chi connectivity index (χ0) is 19.2. The molecule has 2 heterocycles. The van der Waals surface area contributed by atoms with Crippen molar-refractivity contribution in [3.8, 4) is 22.8 Å². The lowest BCUT2D eigenvalue weighted by molar-refractivity contribution is 0.566. The molecule has 0 aliphatic rings. The number of unbranched alkanes of at least 4 members (excludes halogenated alkanes) is 5. The van der Waals surface area contributed by atoms with Gasteiger partial charge >= 0.3 is 0 Å². The van der Waals surface area contributed by atoms with E-state index in [0.717, 1.165) is 35.4 Å². The van der Waals surface area contributed by atoms with E-state index in [-0.39, 0.29) is 0 Å². The third-order valence-corrected chi connectivity index (χ3v) is 5.14. The van der Waals surface area contributed by atoms with Crippen LogP contribution < -0.4 is 0 Å². The summed E-state index contributed by atoms with van der Waals surface area (Å²) < 4.78 is 2.34. The topological polar surface area (TPSA) is 72.3 Å². The minimum atomic E-state index is 0.591. The lowest BCUT2D eigenvalue weighted by Gasteiger charge is -2.11. The highest BCUT2D eigenvalue weighted by atomic mass is 15.5. The van der Waals surface area contributed by atoms with Crippen molar-refractivity contribution in [2.45, 2.75) is 52.0 Å². The average molecular weight is 374 g/mol. The Kier molecular flexibility index (Phi) is 5.75. The van der Waals surface area contributed by atoms with E-state index in [0.29, 0.717) is 5.82 Å². The molecule has 0 saturated carbocycles. The fourth-order valence-corrected chi connectivity index (χ4v) is 3.71. The van der Waals surface area contributed by atoms with E-state index < -0.39 is 0 Å². The van der Waals surface area contributed by atoms with Crippen LogP contribution in [0.2, 0.25) is 0 Å². The number of rotatable bonds is 9. The highest BCUT2D eigenvalue weighted by Gasteiger charge is 2.17. The number of imidazole rings is 1. The summed E-state index contributed by atoms with van der Waals surface area (Å²) in [5, 5.41) is 14.6. The third kappa shape index (κ3) is 3.81. The molecule has 0 bridgehead atoms.